The second kappa shape index (κ2) is 5.51. The topological polar surface area (TPSA) is 9.23 Å². The van der Waals surface area contributed by atoms with E-state index < -0.39 is 0 Å². The summed E-state index contributed by atoms with van der Waals surface area (Å²) in [6, 6.07) is 13.8. The molecule has 0 unspecified atom stereocenters. The Bertz CT molecular complexity index is 781. The molecule has 1 nitrogen and oxygen atoms in total. The second-order valence-electron chi connectivity index (χ2n) is 4.73. The lowest BCUT2D eigenvalue weighted by molar-refractivity contribution is 0.325. The third-order valence-corrected chi connectivity index (χ3v) is 3.97. The summed E-state index contributed by atoms with van der Waals surface area (Å²) in [7, 11) is 0. The van der Waals surface area contributed by atoms with Gasteiger partial charge in [0.1, 0.15) is 5.75 Å². The van der Waals surface area contributed by atoms with Crippen molar-refractivity contribution in [3.63, 3.8) is 0 Å². The molecule has 0 amide bonds. The lowest BCUT2D eigenvalue weighted by atomic mass is 10.0. The van der Waals surface area contributed by atoms with Gasteiger partial charge in [-0.25, -0.2) is 0 Å². The molecule has 0 fully saturated rings. The van der Waals surface area contributed by atoms with Crippen LogP contribution < -0.4 is 4.74 Å². The molecule has 3 rings (SSSR count). The zero-order chi connectivity index (χ0) is 14.1. The summed E-state index contributed by atoms with van der Waals surface area (Å²) in [4.78, 5) is 0. The van der Waals surface area contributed by atoms with Crippen LogP contribution in [0.4, 0.5) is 0 Å². The first kappa shape index (κ1) is 13.5. The van der Waals surface area contributed by atoms with Gasteiger partial charge in [0.25, 0.3) is 0 Å². The van der Waals surface area contributed by atoms with Gasteiger partial charge < -0.3 is 4.74 Å². The SMILES string of the molecule is CCCOc1c2cccc(Cl)c2cc2cccc(Cl)c12. The highest BCUT2D eigenvalue weighted by Crippen LogP contribution is 2.40. The Morgan fingerprint density at radius 2 is 1.70 bits per heavy atom. The molecule has 0 spiro atoms. The molecular formula is C17H14Cl2O. The fraction of sp³-hybridized carbons (Fsp3) is 0.176. The zero-order valence-corrected chi connectivity index (χ0v) is 12.6. The first-order chi connectivity index (χ1) is 9.72. The van der Waals surface area contributed by atoms with Gasteiger partial charge >= 0.3 is 0 Å². The van der Waals surface area contributed by atoms with Crippen molar-refractivity contribution in [3.8, 4) is 5.75 Å². The van der Waals surface area contributed by atoms with Gasteiger partial charge in [-0.15, -0.1) is 0 Å². The summed E-state index contributed by atoms with van der Waals surface area (Å²) in [5.41, 5.74) is 0. The number of fused-ring (bicyclic) bond motifs is 2. The van der Waals surface area contributed by atoms with E-state index in [1.165, 1.54) is 0 Å². The lowest BCUT2D eigenvalue weighted by Gasteiger charge is -2.14. The molecule has 0 heterocycles. The maximum absolute atomic E-state index is 6.37. The van der Waals surface area contributed by atoms with E-state index >= 15 is 0 Å². The van der Waals surface area contributed by atoms with Gasteiger partial charge in [-0.2, -0.15) is 0 Å². The van der Waals surface area contributed by atoms with Crippen molar-refractivity contribution in [2.75, 3.05) is 6.61 Å². The number of benzene rings is 3. The maximum Gasteiger partial charge on any atom is 0.136 e. The second-order valence-corrected chi connectivity index (χ2v) is 5.54. The number of hydrogen-bond acceptors (Lipinski definition) is 1. The smallest absolute Gasteiger partial charge is 0.136 e. The molecule has 3 aromatic rings. The molecule has 102 valence electrons. The van der Waals surface area contributed by atoms with Gasteiger partial charge in [-0.05, 0) is 30.0 Å². The minimum Gasteiger partial charge on any atom is -0.492 e. The third kappa shape index (κ3) is 2.21. The van der Waals surface area contributed by atoms with Crippen LogP contribution in [-0.4, -0.2) is 6.61 Å². The van der Waals surface area contributed by atoms with Crippen LogP contribution in [0.2, 0.25) is 10.0 Å². The summed E-state index contributed by atoms with van der Waals surface area (Å²) in [5.74, 6) is 0.826. The summed E-state index contributed by atoms with van der Waals surface area (Å²) >= 11 is 12.7. The van der Waals surface area contributed by atoms with Crippen LogP contribution in [0.1, 0.15) is 13.3 Å². The third-order valence-electron chi connectivity index (χ3n) is 3.32. The summed E-state index contributed by atoms with van der Waals surface area (Å²) in [5, 5.41) is 5.43. The average molecular weight is 305 g/mol. The molecule has 0 aliphatic heterocycles. The first-order valence-corrected chi connectivity index (χ1v) is 7.40. The average Bonchev–Trinajstić information content (AvgIpc) is 2.45. The molecule has 0 aliphatic carbocycles. The fourth-order valence-corrected chi connectivity index (χ4v) is 2.92. The Balaban J connectivity index is 2.44. The molecule has 0 aliphatic rings. The monoisotopic (exact) mass is 304 g/mol. The van der Waals surface area contributed by atoms with Crippen molar-refractivity contribution in [3.05, 3.63) is 52.5 Å². The summed E-state index contributed by atoms with van der Waals surface area (Å²) in [6.45, 7) is 2.74. The maximum atomic E-state index is 6.37. The highest BCUT2D eigenvalue weighted by molar-refractivity contribution is 6.39. The van der Waals surface area contributed by atoms with Crippen LogP contribution in [0.5, 0.6) is 5.75 Å². The van der Waals surface area contributed by atoms with E-state index in [1.54, 1.807) is 0 Å². The molecule has 0 radical (unpaired) electrons. The number of hydrogen-bond donors (Lipinski definition) is 0. The Morgan fingerprint density at radius 1 is 0.950 bits per heavy atom. The van der Waals surface area contributed by atoms with Crippen LogP contribution in [0.15, 0.2) is 42.5 Å². The molecule has 0 atom stereocenters. The Hall–Kier alpha value is -1.44. The minimum absolute atomic E-state index is 0.659. The lowest BCUT2D eigenvalue weighted by Crippen LogP contribution is -1.97. The molecule has 0 aromatic heterocycles. The van der Waals surface area contributed by atoms with Gasteiger partial charge in [-0.1, -0.05) is 54.4 Å². The van der Waals surface area contributed by atoms with E-state index in [4.69, 9.17) is 27.9 Å². The van der Waals surface area contributed by atoms with Gasteiger partial charge in [0.05, 0.1) is 11.6 Å². The molecular weight excluding hydrogens is 291 g/mol. The van der Waals surface area contributed by atoms with E-state index in [0.717, 1.165) is 38.7 Å². The van der Waals surface area contributed by atoms with Crippen LogP contribution in [-0.2, 0) is 0 Å². The summed E-state index contributed by atoms with van der Waals surface area (Å²) < 4.78 is 5.97. The van der Waals surface area contributed by atoms with E-state index in [-0.39, 0.29) is 0 Å². The van der Waals surface area contributed by atoms with Gasteiger partial charge in [-0.3, -0.25) is 0 Å². The van der Waals surface area contributed by atoms with Crippen molar-refractivity contribution in [2.24, 2.45) is 0 Å². The zero-order valence-electron chi connectivity index (χ0n) is 11.1. The molecule has 0 saturated heterocycles. The van der Waals surface area contributed by atoms with Crippen LogP contribution in [0.3, 0.4) is 0 Å². The van der Waals surface area contributed by atoms with E-state index in [0.29, 0.717) is 11.6 Å². The van der Waals surface area contributed by atoms with Crippen molar-refractivity contribution in [1.82, 2.24) is 0 Å². The molecule has 20 heavy (non-hydrogen) atoms. The molecule has 3 aromatic carbocycles. The fourth-order valence-electron chi connectivity index (χ4n) is 2.43. The normalized spacial score (nSPS) is 11.2. The van der Waals surface area contributed by atoms with Crippen molar-refractivity contribution in [2.45, 2.75) is 13.3 Å². The molecule has 0 N–H and O–H groups in total. The Morgan fingerprint density at radius 3 is 2.50 bits per heavy atom. The number of ether oxygens (including phenoxy) is 1. The van der Waals surface area contributed by atoms with Gasteiger partial charge in [0.15, 0.2) is 0 Å². The molecule has 3 heteroatoms. The van der Waals surface area contributed by atoms with Crippen LogP contribution in [0.25, 0.3) is 21.5 Å². The van der Waals surface area contributed by atoms with E-state index in [1.807, 2.05) is 36.4 Å². The van der Waals surface area contributed by atoms with E-state index in [9.17, 15) is 0 Å². The van der Waals surface area contributed by atoms with Gasteiger partial charge in [0, 0.05) is 21.2 Å². The Labute approximate surface area is 128 Å². The number of rotatable bonds is 3. The summed E-state index contributed by atoms with van der Waals surface area (Å²) in [6.07, 6.45) is 0.947. The minimum atomic E-state index is 0.659. The number of halogens is 2. The predicted octanol–water partition coefficient (Wildman–Crippen LogP) is 6.09. The van der Waals surface area contributed by atoms with Crippen molar-refractivity contribution >= 4 is 44.7 Å². The standard InChI is InChI=1S/C17H14Cl2O/c1-2-9-20-17-12-6-4-7-14(18)13(12)10-11-5-3-8-15(19)16(11)17/h3-8,10H,2,9H2,1H3. The van der Waals surface area contributed by atoms with Crippen molar-refractivity contribution in [1.29, 1.82) is 0 Å². The molecule has 0 bridgehead atoms. The van der Waals surface area contributed by atoms with Crippen molar-refractivity contribution < 1.29 is 4.74 Å². The highest BCUT2D eigenvalue weighted by atomic mass is 35.5. The van der Waals surface area contributed by atoms with Crippen LogP contribution in [0, 0.1) is 0 Å². The predicted molar refractivity (Wildman–Crippen MR) is 87.3 cm³/mol. The molecule has 0 saturated carbocycles. The largest absolute Gasteiger partial charge is 0.492 e. The van der Waals surface area contributed by atoms with Crippen LogP contribution >= 0.6 is 23.2 Å². The first-order valence-electron chi connectivity index (χ1n) is 6.64. The van der Waals surface area contributed by atoms with Gasteiger partial charge in [0.2, 0.25) is 0 Å². The quantitative estimate of drug-likeness (QED) is 0.532. The highest BCUT2D eigenvalue weighted by Gasteiger charge is 2.13. The van der Waals surface area contributed by atoms with E-state index in [2.05, 4.69) is 13.0 Å². The Kier molecular flexibility index (Phi) is 3.73.